The molecular formula is C17H27P. The Bertz CT molecular complexity index is 373. The van der Waals surface area contributed by atoms with Gasteiger partial charge in [-0.3, -0.25) is 0 Å². The van der Waals surface area contributed by atoms with E-state index in [1.54, 1.807) is 0 Å². The van der Waals surface area contributed by atoms with Gasteiger partial charge in [0.2, 0.25) is 0 Å². The van der Waals surface area contributed by atoms with Crippen molar-refractivity contribution >= 4 is 14.0 Å². The molecule has 1 aromatic rings. The third kappa shape index (κ3) is 4.25. The van der Waals surface area contributed by atoms with Crippen LogP contribution in [0.5, 0.6) is 0 Å². The zero-order chi connectivity index (χ0) is 14.0. The molecule has 0 amide bonds. The van der Waals surface area contributed by atoms with Crippen molar-refractivity contribution in [3.63, 3.8) is 0 Å². The largest absolute Gasteiger partial charge is 0.0985 e. The zero-order valence-electron chi connectivity index (χ0n) is 12.7. The molecule has 0 aliphatic heterocycles. The van der Waals surface area contributed by atoms with Crippen LogP contribution in [0.25, 0.3) is 6.08 Å². The van der Waals surface area contributed by atoms with E-state index in [2.05, 4.69) is 72.4 Å². The molecule has 100 valence electrons. The minimum atomic E-state index is -0.0588. The van der Waals surface area contributed by atoms with E-state index >= 15 is 0 Å². The maximum Gasteiger partial charge on any atom is -0.00637 e. The molecule has 0 spiro atoms. The van der Waals surface area contributed by atoms with Crippen molar-refractivity contribution in [2.24, 2.45) is 0 Å². The van der Waals surface area contributed by atoms with Crippen molar-refractivity contribution in [3.8, 4) is 0 Å². The van der Waals surface area contributed by atoms with E-state index in [1.807, 2.05) is 6.08 Å². The lowest BCUT2D eigenvalue weighted by Crippen LogP contribution is -2.25. The summed E-state index contributed by atoms with van der Waals surface area (Å²) in [6, 6.07) is 8.84. The van der Waals surface area contributed by atoms with Gasteiger partial charge < -0.3 is 0 Å². The van der Waals surface area contributed by atoms with Gasteiger partial charge in [0.1, 0.15) is 0 Å². The summed E-state index contributed by atoms with van der Waals surface area (Å²) >= 11 is 0. The second kappa shape index (κ2) is 5.57. The summed E-state index contributed by atoms with van der Waals surface area (Å²) in [5.74, 6) is 0. The molecule has 0 saturated heterocycles. The van der Waals surface area contributed by atoms with Crippen LogP contribution in [0.15, 0.2) is 30.8 Å². The van der Waals surface area contributed by atoms with Gasteiger partial charge in [0.05, 0.1) is 0 Å². The molecule has 0 N–H and O–H groups in total. The van der Waals surface area contributed by atoms with E-state index in [9.17, 15) is 0 Å². The van der Waals surface area contributed by atoms with Crippen LogP contribution >= 0.6 is 7.92 Å². The van der Waals surface area contributed by atoms with Crippen molar-refractivity contribution in [2.75, 3.05) is 0 Å². The molecule has 0 aliphatic rings. The van der Waals surface area contributed by atoms with Crippen molar-refractivity contribution in [3.05, 3.63) is 42.0 Å². The van der Waals surface area contributed by atoms with Crippen molar-refractivity contribution in [2.45, 2.75) is 58.0 Å². The molecule has 1 aromatic carbocycles. The van der Waals surface area contributed by atoms with Crippen LogP contribution in [0.3, 0.4) is 0 Å². The maximum atomic E-state index is 3.80. The van der Waals surface area contributed by atoms with Crippen LogP contribution in [0.2, 0.25) is 0 Å². The van der Waals surface area contributed by atoms with E-state index in [-0.39, 0.29) is 7.92 Å². The van der Waals surface area contributed by atoms with Crippen LogP contribution in [-0.4, -0.2) is 10.3 Å². The molecule has 0 nitrogen and oxygen atoms in total. The Hall–Kier alpha value is -0.610. The Labute approximate surface area is 114 Å². The van der Waals surface area contributed by atoms with Gasteiger partial charge in [-0.25, -0.2) is 0 Å². The average Bonchev–Trinajstić information content (AvgIpc) is 2.23. The molecule has 0 bridgehead atoms. The van der Waals surface area contributed by atoms with Gasteiger partial charge in [0, 0.05) is 0 Å². The first kappa shape index (κ1) is 15.4. The summed E-state index contributed by atoms with van der Waals surface area (Å²) in [6.07, 6.45) is 3.11. The Morgan fingerprint density at radius 1 is 0.944 bits per heavy atom. The Kier molecular flexibility index (Phi) is 4.78. The summed E-state index contributed by atoms with van der Waals surface area (Å²) in [4.78, 5) is 0. The standard InChI is InChI=1S/C17H27P/c1-8-14-9-11-15(12-10-14)13-18(16(2,3)4)17(5,6)7/h8-12H,1,13H2,2-7H3. The quantitative estimate of drug-likeness (QED) is 0.594. The third-order valence-corrected chi connectivity index (χ3v) is 7.10. The van der Waals surface area contributed by atoms with Gasteiger partial charge in [0.15, 0.2) is 0 Å². The predicted octanol–water partition coefficient (Wildman–Crippen LogP) is 5.91. The van der Waals surface area contributed by atoms with Crippen molar-refractivity contribution in [1.82, 2.24) is 0 Å². The van der Waals surface area contributed by atoms with E-state index in [1.165, 1.54) is 17.3 Å². The summed E-state index contributed by atoms with van der Waals surface area (Å²) < 4.78 is 0. The number of hydrogen-bond donors (Lipinski definition) is 0. The first-order valence-corrected chi connectivity index (χ1v) is 8.16. The molecule has 0 fully saturated rings. The van der Waals surface area contributed by atoms with Crippen molar-refractivity contribution in [1.29, 1.82) is 0 Å². The molecule has 1 rings (SSSR count). The summed E-state index contributed by atoms with van der Waals surface area (Å²) in [6.45, 7) is 18.1. The van der Waals surface area contributed by atoms with E-state index in [0.29, 0.717) is 10.3 Å². The minimum Gasteiger partial charge on any atom is -0.0985 e. The molecule has 0 atom stereocenters. The van der Waals surface area contributed by atoms with E-state index in [4.69, 9.17) is 0 Å². The fourth-order valence-corrected chi connectivity index (χ4v) is 5.96. The van der Waals surface area contributed by atoms with Gasteiger partial charge in [-0.05, 0) is 27.6 Å². The van der Waals surface area contributed by atoms with Crippen LogP contribution in [0, 0.1) is 0 Å². The second-order valence-electron chi connectivity index (χ2n) is 6.87. The molecule has 0 aliphatic carbocycles. The molecule has 0 radical (unpaired) electrons. The molecule has 0 aromatic heterocycles. The summed E-state index contributed by atoms with van der Waals surface area (Å²) in [5, 5.41) is 0.787. The average molecular weight is 262 g/mol. The zero-order valence-corrected chi connectivity index (χ0v) is 13.6. The molecule has 0 heterocycles. The topological polar surface area (TPSA) is 0 Å². The number of hydrogen-bond acceptors (Lipinski definition) is 0. The number of rotatable bonds is 3. The lowest BCUT2D eigenvalue weighted by atomic mass is 10.1. The van der Waals surface area contributed by atoms with Gasteiger partial charge >= 0.3 is 0 Å². The SMILES string of the molecule is C=Cc1ccc(CP(C(C)(C)C)C(C)(C)C)cc1. The first-order chi connectivity index (χ1) is 8.14. The highest BCUT2D eigenvalue weighted by molar-refractivity contribution is 7.60. The molecule has 18 heavy (non-hydrogen) atoms. The number of benzene rings is 1. The Balaban J connectivity index is 2.93. The highest BCUT2D eigenvalue weighted by atomic mass is 31.1. The van der Waals surface area contributed by atoms with Crippen LogP contribution in [0.1, 0.15) is 52.7 Å². The monoisotopic (exact) mass is 262 g/mol. The minimum absolute atomic E-state index is 0.0588. The van der Waals surface area contributed by atoms with E-state index in [0.717, 1.165) is 0 Å². The molecule has 1 heteroatoms. The normalized spacial score (nSPS) is 12.8. The Morgan fingerprint density at radius 2 is 1.39 bits per heavy atom. The second-order valence-corrected chi connectivity index (χ2v) is 10.7. The van der Waals surface area contributed by atoms with Crippen LogP contribution in [0.4, 0.5) is 0 Å². The molecule has 0 unspecified atom stereocenters. The van der Waals surface area contributed by atoms with Crippen molar-refractivity contribution < 1.29 is 0 Å². The fraction of sp³-hybridized carbons (Fsp3) is 0.529. The van der Waals surface area contributed by atoms with Gasteiger partial charge in [-0.1, -0.05) is 86.4 Å². The van der Waals surface area contributed by atoms with Gasteiger partial charge in [-0.15, -0.1) is 0 Å². The van der Waals surface area contributed by atoms with Crippen LogP contribution < -0.4 is 0 Å². The Morgan fingerprint density at radius 3 is 1.72 bits per heavy atom. The highest BCUT2D eigenvalue weighted by Gasteiger charge is 2.33. The predicted molar refractivity (Wildman–Crippen MR) is 86.7 cm³/mol. The molecular weight excluding hydrogens is 235 g/mol. The maximum absolute atomic E-state index is 3.80. The highest BCUT2D eigenvalue weighted by Crippen LogP contribution is 2.61. The summed E-state index contributed by atoms with van der Waals surface area (Å²) in [7, 11) is -0.0588. The fourth-order valence-electron chi connectivity index (χ4n) is 2.42. The summed E-state index contributed by atoms with van der Waals surface area (Å²) in [5.41, 5.74) is 2.66. The third-order valence-electron chi connectivity index (χ3n) is 3.18. The lowest BCUT2D eigenvalue weighted by Gasteiger charge is -2.41. The first-order valence-electron chi connectivity index (χ1n) is 6.64. The van der Waals surface area contributed by atoms with Crippen LogP contribution in [-0.2, 0) is 6.16 Å². The van der Waals surface area contributed by atoms with Gasteiger partial charge in [-0.2, -0.15) is 0 Å². The lowest BCUT2D eigenvalue weighted by molar-refractivity contribution is 0.702. The molecule has 0 saturated carbocycles. The van der Waals surface area contributed by atoms with E-state index < -0.39 is 0 Å². The smallest absolute Gasteiger partial charge is 0.00637 e. The van der Waals surface area contributed by atoms with Gasteiger partial charge in [0.25, 0.3) is 0 Å².